The molecule has 2 N–H and O–H groups in total. The molecule has 2 rings (SSSR count). The fourth-order valence-corrected chi connectivity index (χ4v) is 2.28. The fraction of sp³-hybridized carbons (Fsp3) is 0.250. The molecule has 1 aromatic heterocycles. The van der Waals surface area contributed by atoms with E-state index in [1.807, 2.05) is 6.92 Å². The summed E-state index contributed by atoms with van der Waals surface area (Å²) in [4.78, 5) is 4.32. The van der Waals surface area contributed by atoms with E-state index < -0.39 is 6.61 Å². The van der Waals surface area contributed by atoms with Crippen molar-refractivity contribution in [3.8, 4) is 17.0 Å². The van der Waals surface area contributed by atoms with Crippen LogP contribution in [0.5, 0.6) is 5.75 Å². The second-order valence-corrected chi connectivity index (χ2v) is 4.62. The van der Waals surface area contributed by atoms with Gasteiger partial charge in [0.05, 0.1) is 11.7 Å². The first-order chi connectivity index (χ1) is 8.58. The topological polar surface area (TPSA) is 48.1 Å². The van der Waals surface area contributed by atoms with Crippen LogP contribution >= 0.6 is 23.7 Å². The normalized spacial score (nSPS) is 12.1. The van der Waals surface area contributed by atoms with E-state index in [4.69, 9.17) is 5.73 Å². The highest BCUT2D eigenvalue weighted by atomic mass is 35.5. The summed E-state index contributed by atoms with van der Waals surface area (Å²) in [5, 5.41) is 2.55. The van der Waals surface area contributed by atoms with Gasteiger partial charge in [-0.3, -0.25) is 0 Å². The lowest BCUT2D eigenvalue weighted by molar-refractivity contribution is -0.0494. The highest BCUT2D eigenvalue weighted by Crippen LogP contribution is 2.32. The van der Waals surface area contributed by atoms with Crippen LogP contribution in [0.2, 0.25) is 0 Å². The first kappa shape index (κ1) is 15.8. The lowest BCUT2D eigenvalue weighted by Crippen LogP contribution is -2.04. The lowest BCUT2D eigenvalue weighted by atomic mass is 10.1. The summed E-state index contributed by atoms with van der Waals surface area (Å²) in [5.74, 6) is 0.119. The summed E-state index contributed by atoms with van der Waals surface area (Å²) in [6.07, 6.45) is 0. The molecule has 1 heterocycles. The molecule has 1 aromatic carbocycles. The first-order valence-corrected chi connectivity index (χ1v) is 6.21. The van der Waals surface area contributed by atoms with Crippen molar-refractivity contribution in [2.24, 2.45) is 5.73 Å². The number of nitrogens with two attached hydrogens (primary N) is 1. The second kappa shape index (κ2) is 6.79. The number of para-hydroxylation sites is 1. The molecule has 0 spiro atoms. The van der Waals surface area contributed by atoms with Crippen LogP contribution in [0.25, 0.3) is 11.3 Å². The Morgan fingerprint density at radius 1 is 1.32 bits per heavy atom. The van der Waals surface area contributed by atoms with E-state index in [1.54, 1.807) is 23.6 Å². The van der Waals surface area contributed by atoms with Gasteiger partial charge in [0.1, 0.15) is 10.8 Å². The Labute approximate surface area is 119 Å². The molecule has 1 atom stereocenters. The predicted octanol–water partition coefficient (Wildman–Crippen LogP) is 3.85. The molecule has 0 amide bonds. The maximum atomic E-state index is 12.3. The Morgan fingerprint density at radius 3 is 2.58 bits per heavy atom. The SMILES string of the molecule is CC(N)c1nc(-c2ccccc2OC(F)F)cs1.Cl. The largest absolute Gasteiger partial charge is 0.434 e. The monoisotopic (exact) mass is 306 g/mol. The van der Waals surface area contributed by atoms with E-state index >= 15 is 0 Å². The van der Waals surface area contributed by atoms with Gasteiger partial charge in [0.2, 0.25) is 0 Å². The third-order valence-corrected chi connectivity index (χ3v) is 3.34. The van der Waals surface area contributed by atoms with Gasteiger partial charge in [-0.1, -0.05) is 12.1 Å². The van der Waals surface area contributed by atoms with E-state index in [1.165, 1.54) is 17.4 Å². The molecule has 0 aliphatic rings. The summed E-state index contributed by atoms with van der Waals surface area (Å²) in [5.41, 5.74) is 6.86. The summed E-state index contributed by atoms with van der Waals surface area (Å²) >= 11 is 1.40. The second-order valence-electron chi connectivity index (χ2n) is 3.73. The van der Waals surface area contributed by atoms with Crippen molar-refractivity contribution >= 4 is 23.7 Å². The summed E-state index contributed by atoms with van der Waals surface area (Å²) < 4.78 is 29.0. The van der Waals surface area contributed by atoms with Crippen molar-refractivity contribution in [3.63, 3.8) is 0 Å². The average Bonchev–Trinajstić information content (AvgIpc) is 2.78. The molecule has 1 unspecified atom stereocenters. The number of alkyl halides is 2. The predicted molar refractivity (Wildman–Crippen MR) is 74.0 cm³/mol. The zero-order valence-electron chi connectivity index (χ0n) is 10.0. The van der Waals surface area contributed by atoms with Gasteiger partial charge in [-0.25, -0.2) is 4.98 Å². The number of aromatic nitrogens is 1. The van der Waals surface area contributed by atoms with Crippen LogP contribution in [0.15, 0.2) is 29.6 Å². The van der Waals surface area contributed by atoms with E-state index in [2.05, 4.69) is 9.72 Å². The van der Waals surface area contributed by atoms with Crippen LogP contribution in [0.1, 0.15) is 18.0 Å². The maximum absolute atomic E-state index is 12.3. The molecule has 3 nitrogen and oxygen atoms in total. The molecule has 0 saturated heterocycles. The van der Waals surface area contributed by atoms with E-state index in [0.29, 0.717) is 11.3 Å². The third-order valence-electron chi connectivity index (χ3n) is 2.29. The molecule has 0 radical (unpaired) electrons. The lowest BCUT2D eigenvalue weighted by Gasteiger charge is -2.08. The fourth-order valence-electron chi connectivity index (χ4n) is 1.50. The number of ether oxygens (including phenoxy) is 1. The number of halogens is 3. The smallest absolute Gasteiger partial charge is 0.387 e. The van der Waals surface area contributed by atoms with Gasteiger partial charge < -0.3 is 10.5 Å². The molecule has 19 heavy (non-hydrogen) atoms. The van der Waals surface area contributed by atoms with Gasteiger partial charge in [0, 0.05) is 10.9 Å². The van der Waals surface area contributed by atoms with Crippen molar-refractivity contribution in [1.82, 2.24) is 4.98 Å². The standard InChI is InChI=1S/C12H12F2N2OS.ClH/c1-7(15)11-16-9(6-18-11)8-4-2-3-5-10(8)17-12(13)14;/h2-7,12H,15H2,1H3;1H. The number of hydrogen-bond donors (Lipinski definition) is 1. The number of rotatable bonds is 4. The van der Waals surface area contributed by atoms with Gasteiger partial charge in [0.15, 0.2) is 0 Å². The van der Waals surface area contributed by atoms with Gasteiger partial charge in [-0.2, -0.15) is 8.78 Å². The van der Waals surface area contributed by atoms with Crippen LogP contribution < -0.4 is 10.5 Å². The molecular weight excluding hydrogens is 294 g/mol. The zero-order valence-corrected chi connectivity index (χ0v) is 11.7. The maximum Gasteiger partial charge on any atom is 0.387 e. The van der Waals surface area contributed by atoms with E-state index in [0.717, 1.165) is 5.01 Å². The van der Waals surface area contributed by atoms with Crippen molar-refractivity contribution in [2.45, 2.75) is 19.6 Å². The summed E-state index contributed by atoms with van der Waals surface area (Å²) in [7, 11) is 0. The molecule has 7 heteroatoms. The average molecular weight is 307 g/mol. The van der Waals surface area contributed by atoms with Crippen LogP contribution in [0.4, 0.5) is 8.78 Å². The minimum absolute atomic E-state index is 0. The van der Waals surface area contributed by atoms with Gasteiger partial charge in [-0.15, -0.1) is 23.7 Å². The quantitative estimate of drug-likeness (QED) is 0.933. The van der Waals surface area contributed by atoms with Gasteiger partial charge in [0.25, 0.3) is 0 Å². The Hall–Kier alpha value is -1.24. The van der Waals surface area contributed by atoms with E-state index in [-0.39, 0.29) is 24.2 Å². The molecule has 104 valence electrons. The number of hydrogen-bond acceptors (Lipinski definition) is 4. The van der Waals surface area contributed by atoms with Crippen molar-refractivity contribution in [3.05, 3.63) is 34.7 Å². The summed E-state index contributed by atoms with van der Waals surface area (Å²) in [6.45, 7) is -1.03. The number of nitrogens with zero attached hydrogens (tertiary/aromatic N) is 1. The molecule has 0 saturated carbocycles. The number of benzene rings is 1. The number of thiazole rings is 1. The molecule has 2 aromatic rings. The molecular formula is C12H13ClF2N2OS. The first-order valence-electron chi connectivity index (χ1n) is 5.33. The molecule has 0 aliphatic heterocycles. The van der Waals surface area contributed by atoms with Crippen molar-refractivity contribution in [1.29, 1.82) is 0 Å². The van der Waals surface area contributed by atoms with E-state index in [9.17, 15) is 8.78 Å². The van der Waals surface area contributed by atoms with Crippen LogP contribution in [-0.4, -0.2) is 11.6 Å². The Bertz CT molecular complexity index is 534. The van der Waals surface area contributed by atoms with Crippen LogP contribution in [-0.2, 0) is 0 Å². The molecule has 0 aliphatic carbocycles. The van der Waals surface area contributed by atoms with Gasteiger partial charge >= 0.3 is 6.61 Å². The molecule has 0 fully saturated rings. The van der Waals surface area contributed by atoms with Crippen LogP contribution in [0, 0.1) is 0 Å². The van der Waals surface area contributed by atoms with Crippen LogP contribution in [0.3, 0.4) is 0 Å². The van der Waals surface area contributed by atoms with Crippen molar-refractivity contribution in [2.75, 3.05) is 0 Å². The Morgan fingerprint density at radius 2 is 2.00 bits per heavy atom. The highest BCUT2D eigenvalue weighted by Gasteiger charge is 2.14. The zero-order chi connectivity index (χ0) is 13.1. The molecule has 0 bridgehead atoms. The van der Waals surface area contributed by atoms with Crippen molar-refractivity contribution < 1.29 is 13.5 Å². The minimum atomic E-state index is -2.85. The van der Waals surface area contributed by atoms with Gasteiger partial charge in [-0.05, 0) is 19.1 Å². The highest BCUT2D eigenvalue weighted by molar-refractivity contribution is 7.10. The summed E-state index contributed by atoms with van der Waals surface area (Å²) in [6, 6.07) is 6.40. The Kier molecular flexibility index (Phi) is 5.65. The minimum Gasteiger partial charge on any atom is -0.434 e. The third kappa shape index (κ3) is 3.86. The Balaban J connectivity index is 0.00000180.